The lowest BCUT2D eigenvalue weighted by atomic mass is 9.97. The number of carbonyl (C=O) groups is 1. The van der Waals surface area contributed by atoms with Crippen molar-refractivity contribution in [2.75, 3.05) is 13.1 Å². The minimum atomic E-state index is -3.45. The summed E-state index contributed by atoms with van der Waals surface area (Å²) in [5.41, 5.74) is 0.590. The van der Waals surface area contributed by atoms with E-state index in [1.54, 1.807) is 42.7 Å². The molecule has 3 rings (SSSR count). The van der Waals surface area contributed by atoms with Crippen molar-refractivity contribution >= 4 is 27.5 Å². The normalized spacial score (nSPS) is 16.5. The molecule has 0 atom stereocenters. The van der Waals surface area contributed by atoms with Gasteiger partial charge in [-0.2, -0.15) is 0 Å². The molecule has 1 amide bonds. The first kappa shape index (κ1) is 18.9. The van der Waals surface area contributed by atoms with Crippen LogP contribution in [-0.4, -0.2) is 31.7 Å². The van der Waals surface area contributed by atoms with E-state index in [4.69, 9.17) is 16.0 Å². The molecular weight excluding hydrogens is 376 g/mol. The molecule has 1 aromatic heterocycles. The fourth-order valence-corrected chi connectivity index (χ4v) is 4.91. The van der Waals surface area contributed by atoms with Crippen LogP contribution in [0.4, 0.5) is 0 Å². The topological polar surface area (TPSA) is 79.6 Å². The van der Waals surface area contributed by atoms with Crippen LogP contribution in [0.5, 0.6) is 0 Å². The first-order valence-corrected chi connectivity index (χ1v) is 10.5. The number of hydrogen-bond donors (Lipinski definition) is 1. The molecule has 0 radical (unpaired) electrons. The molecule has 26 heavy (non-hydrogen) atoms. The van der Waals surface area contributed by atoms with Gasteiger partial charge < -0.3 is 9.73 Å². The molecule has 0 unspecified atom stereocenters. The molecule has 8 heteroatoms. The van der Waals surface area contributed by atoms with Gasteiger partial charge in [0.15, 0.2) is 0 Å². The SMILES string of the molecule is O=C(NCc1ccco1)C1CCN(S(=O)(=O)Cc2ccccc2Cl)CC1. The molecule has 2 aromatic rings. The zero-order valence-electron chi connectivity index (χ0n) is 14.2. The average molecular weight is 397 g/mol. The first-order valence-electron chi connectivity index (χ1n) is 8.47. The second-order valence-electron chi connectivity index (χ2n) is 6.32. The predicted molar refractivity (Wildman–Crippen MR) is 98.9 cm³/mol. The summed E-state index contributed by atoms with van der Waals surface area (Å²) in [5.74, 6) is 0.321. The van der Waals surface area contributed by atoms with Gasteiger partial charge in [-0.25, -0.2) is 12.7 Å². The highest BCUT2D eigenvalue weighted by atomic mass is 35.5. The van der Waals surface area contributed by atoms with Crippen LogP contribution in [-0.2, 0) is 27.1 Å². The molecule has 140 valence electrons. The lowest BCUT2D eigenvalue weighted by Gasteiger charge is -2.30. The number of furan rings is 1. The van der Waals surface area contributed by atoms with Crippen LogP contribution in [0.15, 0.2) is 47.1 Å². The van der Waals surface area contributed by atoms with E-state index in [9.17, 15) is 13.2 Å². The second kappa shape index (κ2) is 8.24. The number of nitrogens with one attached hydrogen (secondary N) is 1. The van der Waals surface area contributed by atoms with E-state index in [0.29, 0.717) is 48.8 Å². The Morgan fingerprint density at radius 1 is 1.19 bits per heavy atom. The van der Waals surface area contributed by atoms with Gasteiger partial charge in [-0.05, 0) is 36.6 Å². The van der Waals surface area contributed by atoms with Crippen LogP contribution in [0, 0.1) is 5.92 Å². The van der Waals surface area contributed by atoms with Crippen molar-refractivity contribution in [1.29, 1.82) is 0 Å². The number of hydrogen-bond acceptors (Lipinski definition) is 4. The Hall–Kier alpha value is -1.83. The third-order valence-corrected chi connectivity index (χ3v) is 6.73. The van der Waals surface area contributed by atoms with Gasteiger partial charge in [-0.1, -0.05) is 29.8 Å². The molecular formula is C18H21ClN2O4S. The maximum atomic E-state index is 12.6. The summed E-state index contributed by atoms with van der Waals surface area (Å²) in [7, 11) is -3.45. The van der Waals surface area contributed by atoms with Crippen molar-refractivity contribution in [3.05, 3.63) is 59.0 Å². The highest BCUT2D eigenvalue weighted by molar-refractivity contribution is 7.88. The summed E-state index contributed by atoms with van der Waals surface area (Å²) in [6, 6.07) is 10.5. The highest BCUT2D eigenvalue weighted by Crippen LogP contribution is 2.24. The van der Waals surface area contributed by atoms with Crippen LogP contribution in [0.1, 0.15) is 24.2 Å². The molecule has 1 aromatic carbocycles. The van der Waals surface area contributed by atoms with Crippen molar-refractivity contribution in [2.24, 2.45) is 5.92 Å². The minimum Gasteiger partial charge on any atom is -0.467 e. The van der Waals surface area contributed by atoms with Crippen LogP contribution < -0.4 is 5.32 Å². The lowest BCUT2D eigenvalue weighted by Crippen LogP contribution is -2.43. The molecule has 1 N–H and O–H groups in total. The molecule has 1 saturated heterocycles. The van der Waals surface area contributed by atoms with E-state index in [2.05, 4.69) is 5.32 Å². The molecule has 0 spiro atoms. The first-order chi connectivity index (χ1) is 12.5. The maximum absolute atomic E-state index is 12.6. The Bertz CT molecular complexity index is 844. The van der Waals surface area contributed by atoms with Crippen LogP contribution in [0.25, 0.3) is 0 Å². The number of sulfonamides is 1. The summed E-state index contributed by atoms with van der Waals surface area (Å²) in [4.78, 5) is 12.2. The Balaban J connectivity index is 1.52. The van der Waals surface area contributed by atoms with Crippen molar-refractivity contribution in [1.82, 2.24) is 9.62 Å². The molecule has 2 heterocycles. The predicted octanol–water partition coefficient (Wildman–Crippen LogP) is 2.79. The Morgan fingerprint density at radius 2 is 1.92 bits per heavy atom. The standard InChI is InChI=1S/C18H21ClN2O4S/c19-17-6-2-1-4-15(17)13-26(23,24)21-9-7-14(8-10-21)18(22)20-12-16-5-3-11-25-16/h1-6,11,14H,7-10,12-13H2,(H,20,22). The van der Waals surface area contributed by atoms with E-state index >= 15 is 0 Å². The second-order valence-corrected chi connectivity index (χ2v) is 8.69. The number of piperidine rings is 1. The number of amides is 1. The molecule has 0 saturated carbocycles. The van der Waals surface area contributed by atoms with Gasteiger partial charge in [0.2, 0.25) is 15.9 Å². The van der Waals surface area contributed by atoms with Gasteiger partial charge in [0.1, 0.15) is 5.76 Å². The third kappa shape index (κ3) is 4.66. The average Bonchev–Trinajstić information content (AvgIpc) is 3.15. The summed E-state index contributed by atoms with van der Waals surface area (Å²) >= 11 is 6.07. The van der Waals surface area contributed by atoms with Crippen molar-refractivity contribution < 1.29 is 17.6 Å². The molecule has 0 bridgehead atoms. The molecule has 1 aliphatic rings. The van der Waals surface area contributed by atoms with E-state index in [1.165, 1.54) is 4.31 Å². The third-order valence-electron chi connectivity index (χ3n) is 4.53. The summed E-state index contributed by atoms with van der Waals surface area (Å²) in [6.07, 6.45) is 2.57. The fraction of sp³-hybridized carbons (Fsp3) is 0.389. The smallest absolute Gasteiger partial charge is 0.223 e. The quantitative estimate of drug-likeness (QED) is 0.814. The number of benzene rings is 1. The Kier molecular flexibility index (Phi) is 6.01. The summed E-state index contributed by atoms with van der Waals surface area (Å²) < 4.78 is 31.9. The van der Waals surface area contributed by atoms with Crippen LogP contribution in [0.3, 0.4) is 0 Å². The van der Waals surface area contributed by atoms with Crippen molar-refractivity contribution in [2.45, 2.75) is 25.1 Å². The van der Waals surface area contributed by atoms with Crippen molar-refractivity contribution in [3.63, 3.8) is 0 Å². The molecule has 0 aliphatic carbocycles. The molecule has 1 fully saturated rings. The van der Waals surface area contributed by atoms with E-state index in [0.717, 1.165) is 0 Å². The highest BCUT2D eigenvalue weighted by Gasteiger charge is 2.31. The van der Waals surface area contributed by atoms with Gasteiger partial charge in [0.05, 0.1) is 18.6 Å². The van der Waals surface area contributed by atoms with Gasteiger partial charge >= 0.3 is 0 Å². The number of rotatable bonds is 6. The van der Waals surface area contributed by atoms with Gasteiger partial charge in [0, 0.05) is 24.0 Å². The summed E-state index contributed by atoms with van der Waals surface area (Å²) in [5, 5.41) is 3.29. The molecule has 6 nitrogen and oxygen atoms in total. The van der Waals surface area contributed by atoms with Gasteiger partial charge in [0.25, 0.3) is 0 Å². The van der Waals surface area contributed by atoms with Crippen molar-refractivity contribution in [3.8, 4) is 0 Å². The zero-order chi connectivity index (χ0) is 18.6. The largest absolute Gasteiger partial charge is 0.467 e. The summed E-state index contributed by atoms with van der Waals surface area (Å²) in [6.45, 7) is 1.02. The fourth-order valence-electron chi connectivity index (χ4n) is 3.03. The Morgan fingerprint density at radius 3 is 2.58 bits per heavy atom. The number of nitrogens with zero attached hydrogens (tertiary/aromatic N) is 1. The number of halogens is 1. The maximum Gasteiger partial charge on any atom is 0.223 e. The zero-order valence-corrected chi connectivity index (χ0v) is 15.8. The van der Waals surface area contributed by atoms with Gasteiger partial charge in [-0.15, -0.1) is 0 Å². The van der Waals surface area contributed by atoms with Crippen LogP contribution in [0.2, 0.25) is 5.02 Å². The molecule has 1 aliphatic heterocycles. The monoisotopic (exact) mass is 396 g/mol. The van der Waals surface area contributed by atoms with E-state index < -0.39 is 10.0 Å². The minimum absolute atomic E-state index is 0.0652. The Labute approximate surface area is 158 Å². The van der Waals surface area contributed by atoms with Crippen LogP contribution >= 0.6 is 11.6 Å². The number of carbonyl (C=O) groups excluding carboxylic acids is 1. The van der Waals surface area contributed by atoms with E-state index in [1.807, 2.05) is 0 Å². The van der Waals surface area contributed by atoms with E-state index in [-0.39, 0.29) is 17.6 Å². The lowest BCUT2D eigenvalue weighted by molar-refractivity contribution is -0.126. The van der Waals surface area contributed by atoms with Gasteiger partial charge in [-0.3, -0.25) is 4.79 Å².